The molecule has 0 aliphatic carbocycles. The average molecular weight is 832 g/mol. The number of phosphoric ester groups is 1. The smallest absolute Gasteiger partial charge is 0.387 e. The van der Waals surface area contributed by atoms with Crippen LogP contribution in [0.1, 0.15) is 139 Å². The fourth-order valence-electron chi connectivity index (χ4n) is 6.75. The van der Waals surface area contributed by atoms with E-state index in [4.69, 9.17) is 33.9 Å². The number of H-pyrrole nitrogens is 1. The van der Waals surface area contributed by atoms with E-state index in [9.17, 15) is 29.3 Å². The van der Waals surface area contributed by atoms with Gasteiger partial charge in [-0.25, -0.2) is 13.9 Å². The van der Waals surface area contributed by atoms with Crippen molar-refractivity contribution >= 4 is 19.9 Å². The van der Waals surface area contributed by atoms with E-state index >= 15 is 0 Å². The van der Waals surface area contributed by atoms with E-state index in [0.717, 1.165) is 31.7 Å². The van der Waals surface area contributed by atoms with Crippen LogP contribution in [0.4, 0.5) is 4.39 Å². The molecule has 1 aliphatic heterocycles. The zero-order chi connectivity index (χ0) is 42.2. The van der Waals surface area contributed by atoms with Crippen molar-refractivity contribution < 1.29 is 47.3 Å². The Hall–Kier alpha value is -3.34. The van der Waals surface area contributed by atoms with Crippen molar-refractivity contribution in [3.63, 3.8) is 0 Å². The van der Waals surface area contributed by atoms with Crippen molar-refractivity contribution in [1.82, 2.24) is 4.98 Å². The van der Waals surface area contributed by atoms with Gasteiger partial charge in [0.1, 0.15) is 42.6 Å². The second kappa shape index (κ2) is 26.7. The number of phosphoric acid groups is 1. The number of aliphatic hydroxyl groups excluding tert-OH is 2. The molecule has 322 valence electrons. The van der Waals surface area contributed by atoms with Crippen LogP contribution in [0.5, 0.6) is 0 Å². The second-order valence-corrected chi connectivity index (χ2v) is 16.3. The van der Waals surface area contributed by atoms with E-state index in [2.05, 4.69) is 16.9 Å². The molecule has 14 nitrogen and oxygen atoms in total. The summed E-state index contributed by atoms with van der Waals surface area (Å²) in [6.45, 7) is 2.84. The zero-order valence-electron chi connectivity index (χ0n) is 34.1. The Balaban J connectivity index is 1.43. The predicted octanol–water partition coefficient (Wildman–Crippen LogP) is 8.28. The van der Waals surface area contributed by atoms with Crippen molar-refractivity contribution in [3.05, 3.63) is 58.7 Å². The standard InChI is InChI=1S/C42H63FN5O9P/c1-3-4-5-6-7-8-9-10-11-12-13-14-15-16-17-18-23-53-27-35(54-26-34-20-19-33(25-44)24-36(34)43)28-55-58(51,52)56-29-38-40(49)41(50)42(30-45,57-38)39-22-21-37(48-39)32(2)47-31-46/h19-22,24,31,35,38,40-41,46,48-50H,3-18,23,26-29H2,1-2H3,(H,51,52)/b46-31?,47-32-/t35-,38-,40-,41-,42+/m1/s1. The number of rotatable bonds is 31. The van der Waals surface area contributed by atoms with Gasteiger partial charge in [-0.3, -0.25) is 14.5 Å². The number of unbranched alkanes of at least 4 members (excludes halogenated alkanes) is 15. The topological polar surface area (TPSA) is 223 Å². The first-order chi connectivity index (χ1) is 28.0. The van der Waals surface area contributed by atoms with Gasteiger partial charge >= 0.3 is 7.82 Å². The Morgan fingerprint density at radius 1 is 0.983 bits per heavy atom. The van der Waals surface area contributed by atoms with Gasteiger partial charge in [0.05, 0.1) is 55.2 Å². The maximum atomic E-state index is 14.6. The Morgan fingerprint density at radius 2 is 1.60 bits per heavy atom. The number of nitrogens with zero attached hydrogens (tertiary/aromatic N) is 3. The number of benzene rings is 1. The van der Waals surface area contributed by atoms with Gasteiger partial charge in [0.15, 0.2) is 0 Å². The van der Waals surface area contributed by atoms with Crippen molar-refractivity contribution in [2.45, 2.75) is 153 Å². The number of halogens is 1. The van der Waals surface area contributed by atoms with Gasteiger partial charge in [-0.05, 0) is 37.6 Å². The first-order valence-electron chi connectivity index (χ1n) is 20.7. The molecule has 1 aliphatic rings. The SMILES string of the molecule is CCCCCCCCCCCCCCCCCCOC[C@H](COP(=O)(O)OC[C@H]1O[C@@](C#N)(c2ccc(/C(C)=N\C=N)[nH]2)[C@H](O)[C@@H]1O)OCc1ccc(C#N)cc1F. The molecule has 0 spiro atoms. The van der Waals surface area contributed by atoms with E-state index in [1.54, 1.807) is 13.0 Å². The van der Waals surface area contributed by atoms with Crippen molar-refractivity contribution in [2.24, 2.45) is 4.99 Å². The van der Waals surface area contributed by atoms with E-state index in [-0.39, 0.29) is 30.0 Å². The van der Waals surface area contributed by atoms with Crippen LogP contribution < -0.4 is 0 Å². The van der Waals surface area contributed by atoms with Gasteiger partial charge < -0.3 is 34.3 Å². The molecule has 5 N–H and O–H groups in total. The highest BCUT2D eigenvalue weighted by molar-refractivity contribution is 7.47. The Morgan fingerprint density at radius 3 is 2.17 bits per heavy atom. The minimum atomic E-state index is -4.82. The fraction of sp³-hybridized carbons (Fsp3) is 0.667. The van der Waals surface area contributed by atoms with E-state index in [1.807, 2.05) is 12.1 Å². The minimum Gasteiger partial charge on any atom is -0.387 e. The van der Waals surface area contributed by atoms with Crippen LogP contribution >= 0.6 is 7.82 Å². The third-order valence-corrected chi connectivity index (χ3v) is 11.2. The number of aromatic amines is 1. The largest absolute Gasteiger partial charge is 0.472 e. The number of aromatic nitrogens is 1. The lowest BCUT2D eigenvalue weighted by atomic mass is 9.93. The lowest BCUT2D eigenvalue weighted by Gasteiger charge is -2.23. The molecule has 1 aromatic carbocycles. The summed E-state index contributed by atoms with van der Waals surface area (Å²) in [5, 5.41) is 47.9. The summed E-state index contributed by atoms with van der Waals surface area (Å²) < 4.78 is 55.3. The van der Waals surface area contributed by atoms with E-state index in [1.165, 1.54) is 102 Å². The van der Waals surface area contributed by atoms with Gasteiger partial charge in [-0.15, -0.1) is 0 Å². The molecule has 0 bridgehead atoms. The fourth-order valence-corrected chi connectivity index (χ4v) is 7.52. The quantitative estimate of drug-likeness (QED) is 0.0210. The predicted molar refractivity (Wildman–Crippen MR) is 218 cm³/mol. The first kappa shape index (κ1) is 49.0. The summed E-state index contributed by atoms with van der Waals surface area (Å²) in [7, 11) is -4.82. The van der Waals surface area contributed by atoms with Crippen LogP contribution in [0.15, 0.2) is 35.3 Å². The number of hydrogen-bond donors (Lipinski definition) is 5. The minimum absolute atomic E-state index is 0.0277. The second-order valence-electron chi connectivity index (χ2n) is 14.9. The van der Waals surface area contributed by atoms with E-state index < -0.39 is 56.9 Å². The highest BCUT2D eigenvalue weighted by Gasteiger charge is 2.57. The van der Waals surface area contributed by atoms with Crippen LogP contribution in [-0.4, -0.2) is 83.0 Å². The summed E-state index contributed by atoms with van der Waals surface area (Å²) in [5.41, 5.74) is -0.780. The number of ether oxygens (including phenoxy) is 3. The van der Waals surface area contributed by atoms with Crippen LogP contribution in [0.25, 0.3) is 0 Å². The lowest BCUT2D eigenvalue weighted by molar-refractivity contribution is -0.0684. The molecule has 6 atom stereocenters. The third-order valence-electron chi connectivity index (χ3n) is 10.3. The maximum absolute atomic E-state index is 14.6. The number of aliphatic hydroxyl groups is 2. The summed E-state index contributed by atoms with van der Waals surface area (Å²) >= 11 is 0. The van der Waals surface area contributed by atoms with Crippen LogP contribution in [0, 0.1) is 33.9 Å². The molecule has 1 unspecified atom stereocenters. The van der Waals surface area contributed by atoms with Crippen molar-refractivity contribution in [2.75, 3.05) is 26.4 Å². The zero-order valence-corrected chi connectivity index (χ0v) is 35.0. The van der Waals surface area contributed by atoms with Gasteiger partial charge in [-0.2, -0.15) is 10.5 Å². The number of hydrogen-bond acceptors (Lipinski definition) is 11. The molecule has 1 saturated heterocycles. The third kappa shape index (κ3) is 16.4. The molecule has 1 fully saturated rings. The lowest BCUT2D eigenvalue weighted by Crippen LogP contribution is -2.40. The molecular formula is C42H63FN5O9P. The number of nitrogens with one attached hydrogen (secondary N) is 2. The van der Waals surface area contributed by atoms with Crippen LogP contribution in [0.3, 0.4) is 0 Å². The normalized spacial score (nSPS) is 21.0. The molecule has 16 heteroatoms. The van der Waals surface area contributed by atoms with Crippen LogP contribution in [-0.2, 0) is 40.0 Å². The summed E-state index contributed by atoms with van der Waals surface area (Å²) in [4.78, 5) is 17.3. The summed E-state index contributed by atoms with van der Waals surface area (Å²) in [6, 6.07) is 10.8. The summed E-state index contributed by atoms with van der Waals surface area (Å²) in [6.07, 6.45) is 15.1. The summed E-state index contributed by atoms with van der Waals surface area (Å²) in [5.74, 6) is -0.639. The molecule has 3 rings (SSSR count). The van der Waals surface area contributed by atoms with Crippen molar-refractivity contribution in [3.8, 4) is 12.1 Å². The molecular weight excluding hydrogens is 768 g/mol. The highest BCUT2D eigenvalue weighted by Crippen LogP contribution is 2.46. The van der Waals surface area contributed by atoms with Crippen molar-refractivity contribution in [1.29, 1.82) is 15.9 Å². The Labute approximate surface area is 342 Å². The Bertz CT molecular complexity index is 1680. The van der Waals surface area contributed by atoms with Gasteiger partial charge in [-0.1, -0.05) is 109 Å². The highest BCUT2D eigenvalue weighted by atomic mass is 31.2. The van der Waals surface area contributed by atoms with Gasteiger partial charge in [0.25, 0.3) is 0 Å². The Kier molecular flexibility index (Phi) is 22.6. The van der Waals surface area contributed by atoms with Gasteiger partial charge in [0, 0.05) is 12.2 Å². The molecule has 0 amide bonds. The molecule has 1 aromatic heterocycles. The number of aliphatic imine (C=N–C) groups is 1. The maximum Gasteiger partial charge on any atom is 0.472 e. The number of nitriles is 2. The van der Waals surface area contributed by atoms with E-state index in [0.29, 0.717) is 18.0 Å². The molecule has 58 heavy (non-hydrogen) atoms. The average Bonchev–Trinajstić information content (AvgIpc) is 3.81. The first-order valence-corrected chi connectivity index (χ1v) is 22.2. The molecule has 0 radical (unpaired) electrons. The molecule has 2 aromatic rings. The molecule has 2 heterocycles. The van der Waals surface area contributed by atoms with Crippen LogP contribution in [0.2, 0.25) is 0 Å². The monoisotopic (exact) mass is 831 g/mol. The molecule has 0 saturated carbocycles. The van der Waals surface area contributed by atoms with Gasteiger partial charge in [0.2, 0.25) is 5.60 Å².